The Morgan fingerprint density at radius 1 is 1.43 bits per heavy atom. The molecule has 14 heavy (non-hydrogen) atoms. The Hall–Kier alpha value is -2.24. The van der Waals surface area contributed by atoms with Gasteiger partial charge in [-0.15, -0.1) is 0 Å². The van der Waals surface area contributed by atoms with Crippen LogP contribution < -0.4 is 0 Å². The lowest BCUT2D eigenvalue weighted by Crippen LogP contribution is -1.94. The number of carbonyl (C=O) groups is 1. The number of fused-ring (bicyclic) bond motifs is 1. The Balaban J connectivity index is 2.73. The van der Waals surface area contributed by atoms with Crippen molar-refractivity contribution in [2.24, 2.45) is 0 Å². The third-order valence-corrected chi connectivity index (χ3v) is 1.76. The van der Waals surface area contributed by atoms with Crippen molar-refractivity contribution in [1.29, 1.82) is 0 Å². The van der Waals surface area contributed by atoms with Crippen LogP contribution >= 0.6 is 0 Å². The molecule has 0 atom stereocenters. The van der Waals surface area contributed by atoms with E-state index < -0.39 is 0 Å². The molecule has 2 aromatic rings. The van der Waals surface area contributed by atoms with Gasteiger partial charge in [0.05, 0.1) is 18.2 Å². The molecule has 6 nitrogen and oxygen atoms in total. The fraction of sp³-hybridized carbons (Fsp3) is 0. The van der Waals surface area contributed by atoms with Crippen molar-refractivity contribution in [3.05, 3.63) is 24.6 Å². The summed E-state index contributed by atoms with van der Waals surface area (Å²) >= 11 is 0. The normalized spacial score (nSPS) is 11.9. The zero-order valence-corrected chi connectivity index (χ0v) is 7.01. The minimum atomic E-state index is 0.0849. The van der Waals surface area contributed by atoms with Crippen LogP contribution in [0.1, 0.15) is 5.69 Å². The molecule has 0 saturated heterocycles. The molecule has 6 heteroatoms. The second kappa shape index (κ2) is 3.25. The number of H-pyrrole nitrogens is 1. The molecule has 0 aliphatic carbocycles. The van der Waals surface area contributed by atoms with E-state index in [9.17, 15) is 4.79 Å². The molecule has 2 N–H and O–H groups in total. The fourth-order valence-corrected chi connectivity index (χ4v) is 1.13. The van der Waals surface area contributed by atoms with Crippen molar-refractivity contribution in [2.75, 3.05) is 0 Å². The second-order valence-corrected chi connectivity index (χ2v) is 2.53. The van der Waals surface area contributed by atoms with E-state index in [2.05, 4.69) is 19.9 Å². The number of hydrogen-bond donors (Lipinski definition) is 2. The topological polar surface area (TPSA) is 91.8 Å². The summed E-state index contributed by atoms with van der Waals surface area (Å²) in [5.74, 6) is 0. The number of aromatic nitrogens is 4. The zero-order valence-electron chi connectivity index (χ0n) is 7.01. The van der Waals surface area contributed by atoms with Crippen LogP contribution in [-0.2, 0) is 4.79 Å². The van der Waals surface area contributed by atoms with E-state index in [1.54, 1.807) is 0 Å². The van der Waals surface area contributed by atoms with E-state index >= 15 is 0 Å². The van der Waals surface area contributed by atoms with Crippen LogP contribution in [-0.4, -0.2) is 31.3 Å². The molecule has 2 aromatic heterocycles. The molecule has 0 fully saturated rings. The van der Waals surface area contributed by atoms with Gasteiger partial charge in [0.1, 0.15) is 17.5 Å². The Labute approximate surface area is 78.3 Å². The van der Waals surface area contributed by atoms with Gasteiger partial charge in [0.2, 0.25) is 0 Å². The molecular weight excluding hydrogens is 184 g/mol. The molecule has 2 heterocycles. The van der Waals surface area contributed by atoms with Gasteiger partial charge in [-0.3, -0.25) is 4.79 Å². The number of carbonyl (C=O) groups excluding carboxylic acids is 1. The van der Waals surface area contributed by atoms with E-state index in [0.29, 0.717) is 29.4 Å². The smallest absolute Gasteiger partial charge is 0.181 e. The molecule has 0 aliphatic heterocycles. The average molecular weight is 190 g/mol. The van der Waals surface area contributed by atoms with Gasteiger partial charge >= 0.3 is 0 Å². The van der Waals surface area contributed by atoms with Crippen LogP contribution in [0.5, 0.6) is 0 Å². The maximum atomic E-state index is 10.6. The minimum absolute atomic E-state index is 0.0849. The fourth-order valence-electron chi connectivity index (χ4n) is 1.13. The summed E-state index contributed by atoms with van der Waals surface area (Å²) in [4.78, 5) is 25.0. The van der Waals surface area contributed by atoms with Gasteiger partial charge in [0.15, 0.2) is 11.9 Å². The monoisotopic (exact) mass is 190 g/mol. The number of allylic oxidation sites excluding steroid dienone is 1. The molecule has 70 valence electrons. The number of nitrogens with one attached hydrogen (secondary N) is 1. The highest BCUT2D eigenvalue weighted by Crippen LogP contribution is 2.16. The van der Waals surface area contributed by atoms with E-state index in [0.717, 1.165) is 0 Å². The van der Waals surface area contributed by atoms with Crippen molar-refractivity contribution in [3.8, 4) is 0 Å². The highest BCUT2D eigenvalue weighted by Gasteiger charge is 2.09. The zero-order chi connectivity index (χ0) is 9.97. The van der Waals surface area contributed by atoms with Crippen LogP contribution in [0.25, 0.3) is 16.7 Å². The summed E-state index contributed by atoms with van der Waals surface area (Å²) in [5, 5.41) is 8.79. The van der Waals surface area contributed by atoms with E-state index in [-0.39, 0.29) is 5.57 Å². The number of imidazole rings is 1. The van der Waals surface area contributed by atoms with Crippen LogP contribution in [0.4, 0.5) is 0 Å². The summed E-state index contributed by atoms with van der Waals surface area (Å²) in [5.41, 5.74) is 1.41. The average Bonchev–Trinajstić information content (AvgIpc) is 2.68. The molecule has 2 rings (SSSR count). The van der Waals surface area contributed by atoms with Crippen LogP contribution in [0.15, 0.2) is 18.9 Å². The van der Waals surface area contributed by atoms with Gasteiger partial charge in [-0.2, -0.15) is 0 Å². The minimum Gasteiger partial charge on any atom is -0.515 e. The molecule has 0 bridgehead atoms. The molecule has 0 aromatic carbocycles. The van der Waals surface area contributed by atoms with Crippen LogP contribution in [0, 0.1) is 0 Å². The van der Waals surface area contributed by atoms with Crippen molar-refractivity contribution in [3.63, 3.8) is 0 Å². The number of rotatable bonds is 2. The quantitative estimate of drug-likeness (QED) is 0.407. The second-order valence-electron chi connectivity index (χ2n) is 2.53. The highest BCUT2D eigenvalue weighted by atomic mass is 16.2. The summed E-state index contributed by atoms with van der Waals surface area (Å²) in [6.07, 6.45) is 3.95. The van der Waals surface area contributed by atoms with Crippen molar-refractivity contribution in [2.45, 2.75) is 0 Å². The summed E-state index contributed by atoms with van der Waals surface area (Å²) in [7, 11) is 0. The first kappa shape index (κ1) is 8.36. The third-order valence-electron chi connectivity index (χ3n) is 1.76. The lowest BCUT2D eigenvalue weighted by molar-refractivity contribution is -0.103. The Morgan fingerprint density at radius 2 is 2.29 bits per heavy atom. The van der Waals surface area contributed by atoms with Crippen molar-refractivity contribution in [1.82, 2.24) is 19.9 Å². The van der Waals surface area contributed by atoms with Gasteiger partial charge in [0, 0.05) is 0 Å². The van der Waals surface area contributed by atoms with E-state index in [1.165, 1.54) is 12.7 Å². The number of aliphatic hydroxyl groups excluding tert-OH is 1. The number of aromatic amines is 1. The van der Waals surface area contributed by atoms with E-state index in [4.69, 9.17) is 5.11 Å². The first-order valence-electron chi connectivity index (χ1n) is 3.81. The van der Waals surface area contributed by atoms with Crippen molar-refractivity contribution >= 4 is 23.0 Å². The first-order chi connectivity index (χ1) is 6.86. The summed E-state index contributed by atoms with van der Waals surface area (Å²) < 4.78 is 0. The Bertz CT molecular complexity index is 503. The third kappa shape index (κ3) is 1.13. The Morgan fingerprint density at radius 3 is 3.00 bits per heavy atom. The number of nitrogens with zero attached hydrogens (tertiary/aromatic N) is 3. The van der Waals surface area contributed by atoms with E-state index in [1.807, 2.05) is 0 Å². The molecule has 0 radical (unpaired) electrons. The summed E-state index contributed by atoms with van der Waals surface area (Å²) in [6, 6.07) is 0. The van der Waals surface area contributed by atoms with Gasteiger partial charge in [-0.25, -0.2) is 15.0 Å². The predicted molar refractivity (Wildman–Crippen MR) is 48.4 cm³/mol. The Kier molecular flexibility index (Phi) is 1.94. The molecule has 0 unspecified atom stereocenters. The molecule has 0 aliphatic rings. The predicted octanol–water partition coefficient (Wildman–Crippen LogP) is 0.451. The number of aliphatic hydroxyl groups is 1. The molecule has 0 amide bonds. The molecular formula is C8H6N4O2. The largest absolute Gasteiger partial charge is 0.515 e. The van der Waals surface area contributed by atoms with Crippen LogP contribution in [0.2, 0.25) is 0 Å². The summed E-state index contributed by atoms with van der Waals surface area (Å²) in [6.45, 7) is 0. The standard InChI is InChI=1S/C8H6N4O2/c13-1-5(2-14)6-7-8(11-3-9-6)12-4-10-7/h1-4,13H,(H,9,10,11,12). The van der Waals surface area contributed by atoms with Crippen LogP contribution in [0.3, 0.4) is 0 Å². The van der Waals surface area contributed by atoms with Crippen molar-refractivity contribution < 1.29 is 9.90 Å². The van der Waals surface area contributed by atoms with Gasteiger partial charge < -0.3 is 10.1 Å². The first-order valence-corrected chi connectivity index (χ1v) is 3.81. The van der Waals surface area contributed by atoms with Gasteiger partial charge in [-0.05, 0) is 0 Å². The SMILES string of the molecule is O=CC(=CO)c1ncnc2nc[nH]c12. The maximum absolute atomic E-state index is 10.6. The lowest BCUT2D eigenvalue weighted by atomic mass is 10.2. The maximum Gasteiger partial charge on any atom is 0.181 e. The molecule has 0 saturated carbocycles. The van der Waals surface area contributed by atoms with Gasteiger partial charge in [-0.1, -0.05) is 0 Å². The number of aldehydes is 1. The van der Waals surface area contributed by atoms with Gasteiger partial charge in [0.25, 0.3) is 0 Å². The molecule has 0 spiro atoms. The number of hydrogen-bond acceptors (Lipinski definition) is 5. The highest BCUT2D eigenvalue weighted by molar-refractivity contribution is 6.09. The lowest BCUT2D eigenvalue weighted by Gasteiger charge is -1.97.